The number of hydrogen-bond acceptors (Lipinski definition) is 3. The van der Waals surface area contributed by atoms with Gasteiger partial charge in [0.25, 0.3) is 0 Å². The van der Waals surface area contributed by atoms with Gasteiger partial charge in [-0.25, -0.2) is 4.39 Å². The summed E-state index contributed by atoms with van der Waals surface area (Å²) in [5.74, 6) is 1.55. The van der Waals surface area contributed by atoms with Crippen molar-refractivity contribution in [1.82, 2.24) is 10.6 Å². The molecule has 0 spiro atoms. The zero-order valence-electron chi connectivity index (χ0n) is 11.2. The Morgan fingerprint density at radius 2 is 2.25 bits per heavy atom. The fourth-order valence-corrected chi connectivity index (χ4v) is 2.91. The Kier molecular flexibility index (Phi) is 7.95. The number of nitrogens with one attached hydrogen (secondary N) is 2. The van der Waals surface area contributed by atoms with Gasteiger partial charge in [0.1, 0.15) is 5.82 Å². The van der Waals surface area contributed by atoms with Gasteiger partial charge < -0.3 is 10.6 Å². The topological polar surface area (TPSA) is 41.1 Å². The first kappa shape index (κ1) is 17.3. The summed E-state index contributed by atoms with van der Waals surface area (Å²) in [7, 11) is 0. The molecule has 1 atom stereocenters. The zero-order valence-corrected chi connectivity index (χ0v) is 12.9. The number of carbonyl (C=O) groups excluding carboxylic acids is 1. The first-order valence-corrected chi connectivity index (χ1v) is 7.72. The Morgan fingerprint density at radius 1 is 1.45 bits per heavy atom. The van der Waals surface area contributed by atoms with Crippen molar-refractivity contribution in [2.45, 2.75) is 12.2 Å². The molecule has 6 heteroatoms. The zero-order chi connectivity index (χ0) is 13.5. The number of benzene rings is 1. The summed E-state index contributed by atoms with van der Waals surface area (Å²) in [6, 6.07) is 6.81. The van der Waals surface area contributed by atoms with E-state index in [4.69, 9.17) is 0 Å². The Morgan fingerprint density at radius 3 is 2.95 bits per heavy atom. The van der Waals surface area contributed by atoms with E-state index in [9.17, 15) is 9.18 Å². The Balaban J connectivity index is 0.00000200. The lowest BCUT2D eigenvalue weighted by atomic mass is 10.1. The summed E-state index contributed by atoms with van der Waals surface area (Å²) < 4.78 is 13.3. The molecule has 1 aromatic rings. The van der Waals surface area contributed by atoms with E-state index in [0.29, 0.717) is 12.3 Å². The highest BCUT2D eigenvalue weighted by molar-refractivity contribution is 7.98. The van der Waals surface area contributed by atoms with E-state index in [1.807, 2.05) is 6.07 Å². The molecule has 0 saturated carbocycles. The number of rotatable bonds is 6. The standard InChI is InChI=1S/C14H19FN2OS.ClH/c15-13-4-2-1-3-12(13)10-19-8-7-17-14(18)11-5-6-16-9-11;/h1-4,11,16H,5-10H2,(H,17,18);1H. The van der Waals surface area contributed by atoms with Gasteiger partial charge in [0.2, 0.25) is 5.91 Å². The number of halogens is 2. The molecule has 1 aromatic carbocycles. The summed E-state index contributed by atoms with van der Waals surface area (Å²) in [4.78, 5) is 11.7. The number of thioether (sulfide) groups is 1. The SMILES string of the molecule is Cl.O=C(NCCSCc1ccccc1F)C1CCNC1. The largest absolute Gasteiger partial charge is 0.355 e. The lowest BCUT2D eigenvalue weighted by Crippen LogP contribution is -2.33. The van der Waals surface area contributed by atoms with Crippen molar-refractivity contribution in [3.05, 3.63) is 35.6 Å². The van der Waals surface area contributed by atoms with Crippen molar-refractivity contribution in [1.29, 1.82) is 0 Å². The van der Waals surface area contributed by atoms with Crippen LogP contribution >= 0.6 is 24.2 Å². The van der Waals surface area contributed by atoms with Gasteiger partial charge in [0.05, 0.1) is 5.92 Å². The quantitative estimate of drug-likeness (QED) is 0.790. The van der Waals surface area contributed by atoms with Crippen molar-refractivity contribution in [3.8, 4) is 0 Å². The molecule has 1 heterocycles. The third-order valence-corrected chi connectivity index (χ3v) is 4.20. The summed E-state index contributed by atoms with van der Waals surface area (Å²) in [5, 5.41) is 6.11. The van der Waals surface area contributed by atoms with Crippen LogP contribution in [0.5, 0.6) is 0 Å². The Hall–Kier alpha value is -0.780. The second-order valence-corrected chi connectivity index (χ2v) is 5.73. The van der Waals surface area contributed by atoms with Crippen LogP contribution < -0.4 is 10.6 Å². The Bertz CT molecular complexity index is 427. The summed E-state index contributed by atoms with van der Waals surface area (Å²) in [6.45, 7) is 2.36. The maximum absolute atomic E-state index is 13.3. The maximum Gasteiger partial charge on any atom is 0.224 e. The predicted octanol–water partition coefficient (Wildman–Crippen LogP) is 2.21. The predicted molar refractivity (Wildman–Crippen MR) is 83.8 cm³/mol. The third kappa shape index (κ3) is 5.31. The highest BCUT2D eigenvalue weighted by Gasteiger charge is 2.21. The van der Waals surface area contributed by atoms with Gasteiger partial charge in [-0.15, -0.1) is 12.4 Å². The fourth-order valence-electron chi connectivity index (χ4n) is 2.07. The van der Waals surface area contributed by atoms with Crippen LogP contribution in [0.3, 0.4) is 0 Å². The smallest absolute Gasteiger partial charge is 0.224 e. The van der Waals surface area contributed by atoms with E-state index in [-0.39, 0.29) is 30.0 Å². The van der Waals surface area contributed by atoms with E-state index in [1.165, 1.54) is 6.07 Å². The third-order valence-electron chi connectivity index (χ3n) is 3.19. The maximum atomic E-state index is 13.3. The van der Waals surface area contributed by atoms with Gasteiger partial charge in [-0.05, 0) is 24.6 Å². The van der Waals surface area contributed by atoms with Crippen molar-refractivity contribution in [2.24, 2.45) is 5.92 Å². The van der Waals surface area contributed by atoms with Gasteiger partial charge in [-0.2, -0.15) is 11.8 Å². The van der Waals surface area contributed by atoms with Crippen molar-refractivity contribution in [2.75, 3.05) is 25.4 Å². The summed E-state index contributed by atoms with van der Waals surface area (Å²) in [6.07, 6.45) is 0.925. The van der Waals surface area contributed by atoms with Crippen LogP contribution in [0.1, 0.15) is 12.0 Å². The molecular formula is C14H20ClFN2OS. The molecule has 20 heavy (non-hydrogen) atoms. The number of hydrogen-bond donors (Lipinski definition) is 2. The molecule has 1 fully saturated rings. The number of amides is 1. The molecular weight excluding hydrogens is 299 g/mol. The van der Waals surface area contributed by atoms with E-state index < -0.39 is 0 Å². The van der Waals surface area contributed by atoms with E-state index in [0.717, 1.165) is 30.8 Å². The highest BCUT2D eigenvalue weighted by Crippen LogP contribution is 2.14. The molecule has 1 aliphatic heterocycles. The van der Waals surface area contributed by atoms with Crippen LogP contribution in [-0.2, 0) is 10.5 Å². The molecule has 2 N–H and O–H groups in total. The van der Waals surface area contributed by atoms with Crippen LogP contribution in [0, 0.1) is 11.7 Å². The molecule has 3 nitrogen and oxygen atoms in total. The van der Waals surface area contributed by atoms with Crippen LogP contribution in [0.15, 0.2) is 24.3 Å². The van der Waals surface area contributed by atoms with Gasteiger partial charge in [0, 0.05) is 24.6 Å². The fraction of sp³-hybridized carbons (Fsp3) is 0.500. The minimum atomic E-state index is -0.156. The molecule has 2 rings (SSSR count). The van der Waals surface area contributed by atoms with Crippen molar-refractivity contribution >= 4 is 30.1 Å². The van der Waals surface area contributed by atoms with Crippen LogP contribution in [0.25, 0.3) is 0 Å². The van der Waals surface area contributed by atoms with Gasteiger partial charge >= 0.3 is 0 Å². The molecule has 112 valence electrons. The molecule has 1 amide bonds. The second kappa shape index (κ2) is 9.21. The van der Waals surface area contributed by atoms with E-state index in [1.54, 1.807) is 23.9 Å². The highest BCUT2D eigenvalue weighted by atomic mass is 35.5. The van der Waals surface area contributed by atoms with Crippen LogP contribution in [0.2, 0.25) is 0 Å². The monoisotopic (exact) mass is 318 g/mol. The average molecular weight is 319 g/mol. The molecule has 0 radical (unpaired) electrons. The molecule has 0 bridgehead atoms. The normalized spacial score (nSPS) is 17.6. The Labute approximate surface area is 129 Å². The van der Waals surface area contributed by atoms with E-state index in [2.05, 4.69) is 10.6 Å². The lowest BCUT2D eigenvalue weighted by molar-refractivity contribution is -0.124. The minimum Gasteiger partial charge on any atom is -0.355 e. The van der Waals surface area contributed by atoms with Crippen molar-refractivity contribution < 1.29 is 9.18 Å². The van der Waals surface area contributed by atoms with Crippen molar-refractivity contribution in [3.63, 3.8) is 0 Å². The molecule has 1 saturated heterocycles. The second-order valence-electron chi connectivity index (χ2n) is 4.62. The minimum absolute atomic E-state index is 0. The molecule has 1 unspecified atom stereocenters. The summed E-state index contributed by atoms with van der Waals surface area (Å²) in [5.41, 5.74) is 0.721. The number of carbonyl (C=O) groups is 1. The van der Waals surface area contributed by atoms with Gasteiger partial charge in [0.15, 0.2) is 0 Å². The van der Waals surface area contributed by atoms with Crippen LogP contribution in [-0.4, -0.2) is 31.3 Å². The van der Waals surface area contributed by atoms with Gasteiger partial charge in [-0.1, -0.05) is 18.2 Å². The van der Waals surface area contributed by atoms with Crippen LogP contribution in [0.4, 0.5) is 4.39 Å². The van der Waals surface area contributed by atoms with E-state index >= 15 is 0 Å². The lowest BCUT2D eigenvalue weighted by Gasteiger charge is -2.09. The molecule has 0 aromatic heterocycles. The summed E-state index contributed by atoms with van der Waals surface area (Å²) >= 11 is 1.63. The first-order chi connectivity index (χ1) is 9.27. The average Bonchev–Trinajstić information content (AvgIpc) is 2.94. The molecule has 1 aliphatic rings. The van der Waals surface area contributed by atoms with Gasteiger partial charge in [-0.3, -0.25) is 4.79 Å². The first-order valence-electron chi connectivity index (χ1n) is 6.57. The molecule has 0 aliphatic carbocycles.